The molecule has 8 heteroatoms. The predicted octanol–water partition coefficient (Wildman–Crippen LogP) is 3.51. The van der Waals surface area contributed by atoms with Crippen LogP contribution in [0.3, 0.4) is 0 Å². The number of aliphatic hydroxyl groups excluding tert-OH is 1. The number of nitrogens with zero attached hydrogens (tertiary/aromatic N) is 1. The van der Waals surface area contributed by atoms with E-state index in [4.69, 9.17) is 9.84 Å². The molecule has 0 saturated heterocycles. The molecule has 0 aliphatic carbocycles. The van der Waals surface area contributed by atoms with Gasteiger partial charge >= 0.3 is 0 Å². The molecule has 27 heavy (non-hydrogen) atoms. The van der Waals surface area contributed by atoms with E-state index in [1.54, 1.807) is 31.3 Å². The summed E-state index contributed by atoms with van der Waals surface area (Å²) >= 11 is 0. The average molecular weight is 491 g/mol. The van der Waals surface area contributed by atoms with Crippen LogP contribution in [-0.4, -0.2) is 25.2 Å². The number of aliphatic imine (C=N–C) groups is 1. The second-order valence-electron chi connectivity index (χ2n) is 5.77. The molecular weight excluding hydrogens is 467 g/mol. The number of hydrogen-bond donors (Lipinski definition) is 3. The minimum Gasteiger partial charge on any atom is -0.494 e. The summed E-state index contributed by atoms with van der Waals surface area (Å²) in [5, 5.41) is 15.4. The lowest BCUT2D eigenvalue weighted by molar-refractivity contribution is 0.275. The maximum Gasteiger partial charge on any atom is 0.191 e. The minimum atomic E-state index is -0.436. The van der Waals surface area contributed by atoms with E-state index in [1.807, 2.05) is 6.92 Å². The highest BCUT2D eigenvalue weighted by atomic mass is 127. The molecule has 0 aliphatic heterocycles. The first-order valence-electron chi connectivity index (χ1n) is 8.17. The zero-order valence-electron chi connectivity index (χ0n) is 15.4. The molecule has 5 nitrogen and oxygen atoms in total. The molecule has 0 spiro atoms. The summed E-state index contributed by atoms with van der Waals surface area (Å²) < 4.78 is 32.2. The van der Waals surface area contributed by atoms with Crippen molar-refractivity contribution in [2.75, 3.05) is 14.2 Å². The van der Waals surface area contributed by atoms with Crippen LogP contribution in [0.2, 0.25) is 0 Å². The second-order valence-corrected chi connectivity index (χ2v) is 5.77. The minimum absolute atomic E-state index is 0. The third-order valence-corrected chi connectivity index (χ3v) is 3.99. The van der Waals surface area contributed by atoms with Crippen molar-refractivity contribution in [1.82, 2.24) is 10.6 Å². The zero-order chi connectivity index (χ0) is 19.1. The molecule has 1 atom stereocenters. The van der Waals surface area contributed by atoms with E-state index in [0.717, 1.165) is 11.1 Å². The summed E-state index contributed by atoms with van der Waals surface area (Å²) in [6, 6.07) is 9.13. The first-order chi connectivity index (χ1) is 12.5. The molecule has 0 radical (unpaired) electrons. The summed E-state index contributed by atoms with van der Waals surface area (Å²) in [5.41, 5.74) is 1.80. The van der Waals surface area contributed by atoms with Crippen LogP contribution in [0.15, 0.2) is 41.4 Å². The highest BCUT2D eigenvalue weighted by Crippen LogP contribution is 2.21. The van der Waals surface area contributed by atoms with Crippen molar-refractivity contribution in [3.63, 3.8) is 0 Å². The van der Waals surface area contributed by atoms with Crippen LogP contribution in [0.25, 0.3) is 0 Å². The number of halogens is 3. The normalized spacial score (nSPS) is 12.1. The van der Waals surface area contributed by atoms with Gasteiger partial charge in [-0.25, -0.2) is 8.78 Å². The molecule has 1 unspecified atom stereocenters. The fraction of sp³-hybridized carbons (Fsp3) is 0.316. The number of methoxy groups -OCH3 is 1. The molecule has 0 saturated carbocycles. The molecular formula is C19H24F2IN3O2. The van der Waals surface area contributed by atoms with Crippen molar-refractivity contribution < 1.29 is 18.6 Å². The summed E-state index contributed by atoms with van der Waals surface area (Å²) in [6.07, 6.45) is 0. The lowest BCUT2D eigenvalue weighted by Crippen LogP contribution is -2.38. The van der Waals surface area contributed by atoms with Crippen LogP contribution in [0, 0.1) is 11.6 Å². The summed E-state index contributed by atoms with van der Waals surface area (Å²) in [5.74, 6) is -0.151. The van der Waals surface area contributed by atoms with Crippen LogP contribution in [-0.2, 0) is 13.2 Å². The number of benzene rings is 2. The number of nitrogens with one attached hydrogen (secondary N) is 2. The van der Waals surface area contributed by atoms with E-state index in [0.29, 0.717) is 12.5 Å². The Hall–Kier alpha value is -1.94. The maximum atomic E-state index is 13.9. The Balaban J connectivity index is 0.00000364. The second kappa shape index (κ2) is 11.0. The summed E-state index contributed by atoms with van der Waals surface area (Å²) in [4.78, 5) is 4.14. The van der Waals surface area contributed by atoms with Crippen LogP contribution in [0.4, 0.5) is 8.78 Å². The van der Waals surface area contributed by atoms with E-state index < -0.39 is 11.6 Å². The molecule has 2 rings (SSSR count). The smallest absolute Gasteiger partial charge is 0.191 e. The van der Waals surface area contributed by atoms with Crippen LogP contribution in [0.5, 0.6) is 5.75 Å². The third kappa shape index (κ3) is 6.31. The van der Waals surface area contributed by atoms with Gasteiger partial charge in [0.15, 0.2) is 17.5 Å². The van der Waals surface area contributed by atoms with E-state index in [2.05, 4.69) is 15.6 Å². The quantitative estimate of drug-likeness (QED) is 0.329. The van der Waals surface area contributed by atoms with Crippen molar-refractivity contribution in [3.8, 4) is 5.75 Å². The van der Waals surface area contributed by atoms with Crippen molar-refractivity contribution >= 4 is 29.9 Å². The molecule has 0 aliphatic rings. The Kier molecular flexibility index (Phi) is 9.44. The van der Waals surface area contributed by atoms with Crippen molar-refractivity contribution in [2.45, 2.75) is 26.1 Å². The van der Waals surface area contributed by atoms with Crippen LogP contribution < -0.4 is 15.4 Å². The first kappa shape index (κ1) is 23.1. The Labute approximate surface area is 174 Å². The summed E-state index contributed by atoms with van der Waals surface area (Å²) in [7, 11) is 3.05. The standard InChI is InChI=1S/C19H23F2N3O2.HI/c1-12(14-5-7-18(26-3)17(21)9-14)24-19(22-2)23-10-13-4-6-16(20)15(8-13)11-25;/h4-9,12,25H,10-11H2,1-3H3,(H2,22,23,24);1H. The Morgan fingerprint density at radius 3 is 2.52 bits per heavy atom. The Morgan fingerprint density at radius 2 is 1.93 bits per heavy atom. The molecule has 0 fully saturated rings. The highest BCUT2D eigenvalue weighted by Gasteiger charge is 2.11. The molecule has 0 aromatic heterocycles. The SMILES string of the molecule is CN=C(NCc1ccc(F)c(CO)c1)NC(C)c1ccc(OC)c(F)c1.I. The van der Waals surface area contributed by atoms with Gasteiger partial charge in [0.05, 0.1) is 19.8 Å². The van der Waals surface area contributed by atoms with Gasteiger partial charge in [-0.1, -0.05) is 12.1 Å². The van der Waals surface area contributed by atoms with Gasteiger partial charge in [0, 0.05) is 19.2 Å². The molecule has 0 bridgehead atoms. The topological polar surface area (TPSA) is 65.9 Å². The zero-order valence-corrected chi connectivity index (χ0v) is 17.8. The van der Waals surface area contributed by atoms with Crippen molar-refractivity contribution in [3.05, 3.63) is 64.7 Å². The lowest BCUT2D eigenvalue weighted by atomic mass is 10.1. The molecule has 0 amide bonds. The van der Waals surface area contributed by atoms with Crippen LogP contribution >= 0.6 is 24.0 Å². The first-order valence-corrected chi connectivity index (χ1v) is 8.17. The van der Waals surface area contributed by atoms with Gasteiger partial charge in [-0.15, -0.1) is 24.0 Å². The van der Waals surface area contributed by atoms with Gasteiger partial charge in [-0.05, 0) is 42.3 Å². The Bertz CT molecular complexity index is 788. The van der Waals surface area contributed by atoms with Gasteiger partial charge < -0.3 is 20.5 Å². The number of rotatable bonds is 6. The molecule has 148 valence electrons. The van der Waals surface area contributed by atoms with E-state index in [-0.39, 0.29) is 47.9 Å². The van der Waals surface area contributed by atoms with E-state index in [1.165, 1.54) is 19.2 Å². The van der Waals surface area contributed by atoms with Gasteiger partial charge in [-0.3, -0.25) is 4.99 Å². The van der Waals surface area contributed by atoms with E-state index in [9.17, 15) is 8.78 Å². The number of guanidine groups is 1. The molecule has 3 N–H and O–H groups in total. The average Bonchev–Trinajstić information content (AvgIpc) is 2.65. The largest absolute Gasteiger partial charge is 0.494 e. The molecule has 0 heterocycles. The van der Waals surface area contributed by atoms with Crippen LogP contribution in [0.1, 0.15) is 29.7 Å². The fourth-order valence-electron chi connectivity index (χ4n) is 2.48. The highest BCUT2D eigenvalue weighted by molar-refractivity contribution is 14.0. The maximum absolute atomic E-state index is 13.9. The number of aliphatic hydroxyl groups is 1. The third-order valence-electron chi connectivity index (χ3n) is 3.99. The van der Waals surface area contributed by atoms with Crippen molar-refractivity contribution in [2.24, 2.45) is 4.99 Å². The summed E-state index contributed by atoms with van der Waals surface area (Å²) in [6.45, 7) is 1.93. The Morgan fingerprint density at radius 1 is 1.19 bits per heavy atom. The lowest BCUT2D eigenvalue weighted by Gasteiger charge is -2.19. The van der Waals surface area contributed by atoms with Gasteiger partial charge in [0.2, 0.25) is 0 Å². The number of hydrogen-bond acceptors (Lipinski definition) is 3. The predicted molar refractivity (Wildman–Crippen MR) is 112 cm³/mol. The fourth-order valence-corrected chi connectivity index (χ4v) is 2.48. The van der Waals surface area contributed by atoms with Gasteiger partial charge in [0.1, 0.15) is 5.82 Å². The van der Waals surface area contributed by atoms with Gasteiger partial charge in [-0.2, -0.15) is 0 Å². The van der Waals surface area contributed by atoms with E-state index >= 15 is 0 Å². The van der Waals surface area contributed by atoms with Gasteiger partial charge in [0.25, 0.3) is 0 Å². The molecule has 2 aromatic carbocycles. The number of ether oxygens (including phenoxy) is 1. The molecule has 2 aromatic rings. The monoisotopic (exact) mass is 491 g/mol. The van der Waals surface area contributed by atoms with Crippen molar-refractivity contribution in [1.29, 1.82) is 0 Å².